The summed E-state index contributed by atoms with van der Waals surface area (Å²) in [5, 5.41) is 3.32. The Hall–Kier alpha value is -1.30. The van der Waals surface area contributed by atoms with Gasteiger partial charge < -0.3 is 14.8 Å². The molecule has 0 bridgehead atoms. The predicted octanol–water partition coefficient (Wildman–Crippen LogP) is 2.90. The quantitative estimate of drug-likeness (QED) is 0.819. The van der Waals surface area contributed by atoms with E-state index < -0.39 is 18.0 Å². The summed E-state index contributed by atoms with van der Waals surface area (Å²) in [6.45, 7) is 3.42. The van der Waals surface area contributed by atoms with Crippen molar-refractivity contribution in [2.24, 2.45) is 0 Å². The van der Waals surface area contributed by atoms with Gasteiger partial charge in [-0.2, -0.15) is 0 Å². The maximum atomic E-state index is 11.9. The Bertz CT molecular complexity index is 493. The van der Waals surface area contributed by atoms with Crippen molar-refractivity contribution < 1.29 is 19.1 Å². The zero-order valence-corrected chi connectivity index (χ0v) is 12.6. The summed E-state index contributed by atoms with van der Waals surface area (Å²) in [4.78, 5) is 23.2. The summed E-state index contributed by atoms with van der Waals surface area (Å²) < 4.78 is 9.79. The second-order valence-electron chi connectivity index (χ2n) is 3.88. The van der Waals surface area contributed by atoms with Crippen LogP contribution in [0.3, 0.4) is 0 Å². The molecule has 0 aliphatic rings. The van der Waals surface area contributed by atoms with Gasteiger partial charge in [0, 0.05) is 11.6 Å². The van der Waals surface area contributed by atoms with Crippen molar-refractivity contribution in [1.82, 2.24) is 0 Å². The summed E-state index contributed by atoms with van der Waals surface area (Å²) in [5.74, 6) is -1.11. The van der Waals surface area contributed by atoms with Gasteiger partial charge in [0.2, 0.25) is 0 Å². The minimum absolute atomic E-state index is 0.188. The highest BCUT2D eigenvalue weighted by Gasteiger charge is 2.18. The van der Waals surface area contributed by atoms with Crippen LogP contribution in [0.25, 0.3) is 0 Å². The SMILES string of the molecule is CCOCC(=O)O[C@@H](C)C(=O)Nc1cc(Cl)ccc1Cl. The third-order valence-corrected chi connectivity index (χ3v) is 2.85. The molecule has 0 aromatic heterocycles. The average molecular weight is 320 g/mol. The van der Waals surface area contributed by atoms with E-state index in [1.807, 2.05) is 0 Å². The molecule has 1 amide bonds. The van der Waals surface area contributed by atoms with Gasteiger partial charge in [-0.15, -0.1) is 0 Å². The lowest BCUT2D eigenvalue weighted by Gasteiger charge is -2.14. The normalized spacial score (nSPS) is 11.8. The molecule has 110 valence electrons. The van der Waals surface area contributed by atoms with Crippen LogP contribution in [0.5, 0.6) is 0 Å². The Morgan fingerprint density at radius 3 is 2.70 bits per heavy atom. The van der Waals surface area contributed by atoms with E-state index in [2.05, 4.69) is 5.32 Å². The molecule has 1 atom stereocenters. The van der Waals surface area contributed by atoms with Crippen LogP contribution in [0.15, 0.2) is 18.2 Å². The fourth-order valence-corrected chi connectivity index (χ4v) is 1.63. The van der Waals surface area contributed by atoms with E-state index in [4.69, 9.17) is 32.7 Å². The van der Waals surface area contributed by atoms with Crippen molar-refractivity contribution >= 4 is 40.8 Å². The first-order valence-corrected chi connectivity index (χ1v) is 6.72. The molecule has 0 unspecified atom stereocenters. The summed E-state index contributed by atoms with van der Waals surface area (Å²) in [5.41, 5.74) is 0.358. The van der Waals surface area contributed by atoms with Gasteiger partial charge in [-0.25, -0.2) is 4.79 Å². The molecule has 0 fully saturated rings. The number of rotatable bonds is 6. The number of anilines is 1. The fraction of sp³-hybridized carbons (Fsp3) is 0.385. The van der Waals surface area contributed by atoms with Crippen LogP contribution in [0.2, 0.25) is 10.0 Å². The van der Waals surface area contributed by atoms with Gasteiger partial charge in [0.05, 0.1) is 10.7 Å². The maximum Gasteiger partial charge on any atom is 0.332 e. The molecule has 1 aromatic rings. The predicted molar refractivity (Wildman–Crippen MR) is 77.1 cm³/mol. The Morgan fingerprint density at radius 2 is 2.05 bits per heavy atom. The van der Waals surface area contributed by atoms with Gasteiger partial charge >= 0.3 is 5.97 Å². The van der Waals surface area contributed by atoms with Crippen molar-refractivity contribution in [2.75, 3.05) is 18.5 Å². The molecule has 1 aromatic carbocycles. The number of amides is 1. The molecule has 0 heterocycles. The van der Waals surface area contributed by atoms with Crippen LogP contribution in [0.4, 0.5) is 5.69 Å². The van der Waals surface area contributed by atoms with Crippen LogP contribution in [-0.2, 0) is 19.1 Å². The van der Waals surface area contributed by atoms with Crippen LogP contribution in [-0.4, -0.2) is 31.2 Å². The molecule has 0 saturated heterocycles. The Kier molecular flexibility index (Phi) is 6.78. The van der Waals surface area contributed by atoms with Gasteiger partial charge in [0.1, 0.15) is 6.61 Å². The number of nitrogens with one attached hydrogen (secondary N) is 1. The molecular weight excluding hydrogens is 305 g/mol. The van der Waals surface area contributed by atoms with E-state index in [0.29, 0.717) is 22.3 Å². The smallest absolute Gasteiger partial charge is 0.332 e. The van der Waals surface area contributed by atoms with E-state index in [1.54, 1.807) is 19.1 Å². The minimum Gasteiger partial charge on any atom is -0.451 e. The average Bonchev–Trinajstić information content (AvgIpc) is 2.40. The number of esters is 1. The zero-order valence-electron chi connectivity index (χ0n) is 11.1. The molecule has 1 rings (SSSR count). The minimum atomic E-state index is -0.960. The van der Waals surface area contributed by atoms with Gasteiger partial charge in [-0.3, -0.25) is 4.79 Å². The standard InChI is InChI=1S/C13H15Cl2NO4/c1-3-19-7-12(17)20-8(2)13(18)16-11-6-9(14)4-5-10(11)15/h4-6,8H,3,7H2,1-2H3,(H,16,18)/t8-/m0/s1. The number of carbonyl (C=O) groups excluding carboxylic acids is 2. The third-order valence-electron chi connectivity index (χ3n) is 2.29. The number of hydrogen-bond donors (Lipinski definition) is 1. The number of halogens is 2. The van der Waals surface area contributed by atoms with Crippen molar-refractivity contribution in [3.63, 3.8) is 0 Å². The second-order valence-corrected chi connectivity index (χ2v) is 4.73. The Morgan fingerprint density at radius 1 is 1.35 bits per heavy atom. The number of carbonyl (C=O) groups is 2. The molecule has 1 N–H and O–H groups in total. The first-order chi connectivity index (χ1) is 9.43. The molecule has 0 aliphatic carbocycles. The Balaban J connectivity index is 2.57. The zero-order chi connectivity index (χ0) is 15.1. The monoisotopic (exact) mass is 319 g/mol. The highest BCUT2D eigenvalue weighted by Crippen LogP contribution is 2.25. The van der Waals surface area contributed by atoms with Gasteiger partial charge in [0.15, 0.2) is 6.10 Å². The van der Waals surface area contributed by atoms with Gasteiger partial charge in [-0.1, -0.05) is 23.2 Å². The van der Waals surface area contributed by atoms with Crippen molar-refractivity contribution in [1.29, 1.82) is 0 Å². The fourth-order valence-electron chi connectivity index (χ4n) is 1.30. The first kappa shape index (κ1) is 16.8. The molecule has 20 heavy (non-hydrogen) atoms. The topological polar surface area (TPSA) is 64.6 Å². The summed E-state index contributed by atoms with van der Waals surface area (Å²) in [6, 6.07) is 4.67. The van der Waals surface area contributed by atoms with Crippen LogP contribution in [0.1, 0.15) is 13.8 Å². The number of benzene rings is 1. The van der Waals surface area contributed by atoms with Crippen molar-refractivity contribution in [3.05, 3.63) is 28.2 Å². The highest BCUT2D eigenvalue weighted by atomic mass is 35.5. The number of hydrogen-bond acceptors (Lipinski definition) is 4. The van der Waals surface area contributed by atoms with Crippen LogP contribution >= 0.6 is 23.2 Å². The largest absolute Gasteiger partial charge is 0.451 e. The van der Waals surface area contributed by atoms with Crippen LogP contribution < -0.4 is 5.32 Å². The lowest BCUT2D eigenvalue weighted by atomic mass is 10.3. The Labute approximate surface area is 127 Å². The first-order valence-electron chi connectivity index (χ1n) is 5.97. The van der Waals surface area contributed by atoms with Crippen LogP contribution in [0, 0.1) is 0 Å². The summed E-state index contributed by atoms with van der Waals surface area (Å²) >= 11 is 11.7. The molecule has 0 aliphatic heterocycles. The molecule has 0 radical (unpaired) electrons. The van der Waals surface area contributed by atoms with Crippen molar-refractivity contribution in [3.8, 4) is 0 Å². The molecule has 0 saturated carbocycles. The lowest BCUT2D eigenvalue weighted by molar-refractivity contribution is -0.157. The molecule has 7 heteroatoms. The molecular formula is C13H15Cl2NO4. The molecule has 5 nitrogen and oxygen atoms in total. The van der Waals surface area contributed by atoms with E-state index in [9.17, 15) is 9.59 Å². The molecule has 0 spiro atoms. The lowest BCUT2D eigenvalue weighted by Crippen LogP contribution is -2.31. The van der Waals surface area contributed by atoms with E-state index in [1.165, 1.54) is 13.0 Å². The summed E-state index contributed by atoms with van der Waals surface area (Å²) in [7, 11) is 0. The van der Waals surface area contributed by atoms with Crippen molar-refractivity contribution in [2.45, 2.75) is 20.0 Å². The van der Waals surface area contributed by atoms with E-state index in [0.717, 1.165) is 0 Å². The highest BCUT2D eigenvalue weighted by molar-refractivity contribution is 6.35. The van der Waals surface area contributed by atoms with E-state index in [-0.39, 0.29) is 6.61 Å². The third kappa shape index (κ3) is 5.36. The second kappa shape index (κ2) is 8.09. The van der Waals surface area contributed by atoms with Gasteiger partial charge in [-0.05, 0) is 32.0 Å². The summed E-state index contributed by atoms with van der Waals surface area (Å²) in [6.07, 6.45) is -0.960. The van der Waals surface area contributed by atoms with E-state index >= 15 is 0 Å². The maximum absolute atomic E-state index is 11.9. The number of ether oxygens (including phenoxy) is 2. The van der Waals surface area contributed by atoms with Gasteiger partial charge in [0.25, 0.3) is 5.91 Å².